The molecule has 0 N–H and O–H groups in total. The van der Waals surface area contributed by atoms with Gasteiger partial charge >= 0.3 is 0 Å². The van der Waals surface area contributed by atoms with E-state index >= 15 is 0 Å². The lowest BCUT2D eigenvalue weighted by atomic mass is 10.2. The van der Waals surface area contributed by atoms with Crippen molar-refractivity contribution in [3.63, 3.8) is 0 Å². The van der Waals surface area contributed by atoms with Gasteiger partial charge in [0.15, 0.2) is 0 Å². The molecule has 1 fully saturated rings. The van der Waals surface area contributed by atoms with Crippen molar-refractivity contribution in [2.75, 3.05) is 26.3 Å². The minimum atomic E-state index is 0.538. The number of benzene rings is 1. The zero-order valence-electron chi connectivity index (χ0n) is 13.8. The molecule has 0 amide bonds. The maximum atomic E-state index is 6.27. The van der Waals surface area contributed by atoms with Crippen LogP contribution in [0.25, 0.3) is 0 Å². The quantitative estimate of drug-likeness (QED) is 0.777. The van der Waals surface area contributed by atoms with Gasteiger partial charge in [-0.1, -0.05) is 29.3 Å². The topological polar surface area (TPSA) is 42.7 Å². The van der Waals surface area contributed by atoms with E-state index in [0.29, 0.717) is 16.6 Å². The highest BCUT2D eigenvalue weighted by Crippen LogP contribution is 2.26. The third-order valence-corrected chi connectivity index (χ3v) is 4.85. The van der Waals surface area contributed by atoms with E-state index in [0.717, 1.165) is 48.8 Å². The van der Waals surface area contributed by atoms with Gasteiger partial charge < -0.3 is 4.74 Å². The van der Waals surface area contributed by atoms with Gasteiger partial charge in [-0.15, -0.1) is 0 Å². The highest BCUT2D eigenvalue weighted by molar-refractivity contribution is 6.35. The maximum absolute atomic E-state index is 6.27. The summed E-state index contributed by atoms with van der Waals surface area (Å²) in [5, 5.41) is 12.5. The van der Waals surface area contributed by atoms with Gasteiger partial charge in [0.2, 0.25) is 0 Å². The molecule has 128 valence electrons. The van der Waals surface area contributed by atoms with Gasteiger partial charge in [0, 0.05) is 26.9 Å². The highest BCUT2D eigenvalue weighted by atomic mass is 35.5. The van der Waals surface area contributed by atoms with Crippen LogP contribution in [0.5, 0.6) is 0 Å². The van der Waals surface area contributed by atoms with Crippen LogP contribution < -0.4 is 0 Å². The first-order valence-electron chi connectivity index (χ1n) is 7.90. The first-order valence-corrected chi connectivity index (χ1v) is 8.65. The Morgan fingerprint density at radius 3 is 2.54 bits per heavy atom. The third-order valence-electron chi connectivity index (χ3n) is 4.14. The number of hydrazone groups is 1. The molecule has 1 aromatic heterocycles. The zero-order chi connectivity index (χ0) is 17.1. The molecular weight excluding hydrogens is 347 g/mol. The van der Waals surface area contributed by atoms with Crippen molar-refractivity contribution < 1.29 is 4.74 Å². The molecule has 0 saturated carbocycles. The van der Waals surface area contributed by atoms with Crippen LogP contribution in [0, 0.1) is 13.8 Å². The number of aromatic nitrogens is 2. The number of morpholine rings is 1. The maximum Gasteiger partial charge on any atom is 0.0692 e. The molecule has 0 atom stereocenters. The van der Waals surface area contributed by atoms with Gasteiger partial charge in [-0.2, -0.15) is 10.2 Å². The lowest BCUT2D eigenvalue weighted by Gasteiger charge is -2.23. The number of hydrogen-bond acceptors (Lipinski definition) is 4. The van der Waals surface area contributed by atoms with Crippen LogP contribution in [0.3, 0.4) is 0 Å². The van der Waals surface area contributed by atoms with Crippen molar-refractivity contribution in [3.05, 3.63) is 50.8 Å². The molecule has 2 aromatic rings. The van der Waals surface area contributed by atoms with Crippen molar-refractivity contribution in [1.29, 1.82) is 0 Å². The van der Waals surface area contributed by atoms with Gasteiger partial charge in [0.25, 0.3) is 0 Å². The molecule has 5 nitrogen and oxygen atoms in total. The van der Waals surface area contributed by atoms with Gasteiger partial charge in [-0.3, -0.25) is 9.69 Å². The number of aryl methyl sites for hydroxylation is 1. The molecule has 2 heterocycles. The summed E-state index contributed by atoms with van der Waals surface area (Å²) in [4.78, 5) is 0. The van der Waals surface area contributed by atoms with Crippen molar-refractivity contribution in [3.8, 4) is 0 Å². The molecule has 1 saturated heterocycles. The van der Waals surface area contributed by atoms with E-state index < -0.39 is 0 Å². The Kier molecular flexibility index (Phi) is 5.43. The molecule has 0 spiro atoms. The zero-order valence-corrected chi connectivity index (χ0v) is 15.3. The van der Waals surface area contributed by atoms with Crippen LogP contribution in [0.4, 0.5) is 0 Å². The van der Waals surface area contributed by atoms with Crippen molar-refractivity contribution in [2.24, 2.45) is 5.10 Å². The van der Waals surface area contributed by atoms with Crippen molar-refractivity contribution in [2.45, 2.75) is 20.4 Å². The SMILES string of the molecule is Cc1nn(Cc2c(Cl)cccc2Cl)c(C)c1C=NN1CCOCC1. The Hall–Kier alpha value is -1.56. The van der Waals surface area contributed by atoms with Crippen molar-refractivity contribution in [1.82, 2.24) is 14.8 Å². The third kappa shape index (κ3) is 3.74. The van der Waals surface area contributed by atoms with E-state index in [1.165, 1.54) is 0 Å². The summed E-state index contributed by atoms with van der Waals surface area (Å²) in [5.74, 6) is 0. The molecule has 0 radical (unpaired) electrons. The molecule has 0 unspecified atom stereocenters. The fourth-order valence-electron chi connectivity index (χ4n) is 2.69. The number of rotatable bonds is 4. The standard InChI is InChI=1S/C17H20Cl2N4O/c1-12-14(10-20-22-6-8-24-9-7-22)13(2)23(21-12)11-15-16(18)4-3-5-17(15)19/h3-5,10H,6-9,11H2,1-2H3. The first kappa shape index (κ1) is 17.3. The monoisotopic (exact) mass is 366 g/mol. The average molecular weight is 367 g/mol. The Morgan fingerprint density at radius 2 is 1.88 bits per heavy atom. The van der Waals surface area contributed by atoms with Gasteiger partial charge in [0.05, 0.1) is 44.8 Å². The minimum absolute atomic E-state index is 0.538. The lowest BCUT2D eigenvalue weighted by Crippen LogP contribution is -2.32. The molecule has 1 aromatic carbocycles. The lowest BCUT2D eigenvalue weighted by molar-refractivity contribution is 0.0397. The fraction of sp³-hybridized carbons (Fsp3) is 0.412. The molecule has 1 aliphatic rings. The Bertz CT molecular complexity index is 731. The molecule has 7 heteroatoms. The number of ether oxygens (including phenoxy) is 1. The summed E-state index contributed by atoms with van der Waals surface area (Å²) in [6.45, 7) is 7.63. The summed E-state index contributed by atoms with van der Waals surface area (Å²) < 4.78 is 7.25. The summed E-state index contributed by atoms with van der Waals surface area (Å²) in [6, 6.07) is 5.53. The summed E-state index contributed by atoms with van der Waals surface area (Å²) >= 11 is 12.5. The Morgan fingerprint density at radius 1 is 1.21 bits per heavy atom. The molecule has 24 heavy (non-hydrogen) atoms. The van der Waals surface area contributed by atoms with Gasteiger partial charge in [-0.25, -0.2) is 0 Å². The molecular formula is C17H20Cl2N4O. The second kappa shape index (κ2) is 7.55. The van der Waals surface area contributed by atoms with E-state index in [-0.39, 0.29) is 0 Å². The van der Waals surface area contributed by atoms with E-state index in [2.05, 4.69) is 10.2 Å². The highest BCUT2D eigenvalue weighted by Gasteiger charge is 2.14. The second-order valence-corrected chi connectivity index (χ2v) is 6.57. The van der Waals surface area contributed by atoms with E-state index in [9.17, 15) is 0 Å². The first-order chi connectivity index (χ1) is 11.6. The predicted molar refractivity (Wildman–Crippen MR) is 97.3 cm³/mol. The van der Waals surface area contributed by atoms with Crippen LogP contribution >= 0.6 is 23.2 Å². The average Bonchev–Trinajstić information content (AvgIpc) is 2.84. The minimum Gasteiger partial charge on any atom is -0.378 e. The normalized spacial score (nSPS) is 15.4. The number of hydrogen-bond donors (Lipinski definition) is 0. The second-order valence-electron chi connectivity index (χ2n) is 5.75. The van der Waals surface area contributed by atoms with Crippen LogP contribution in [0.2, 0.25) is 10.0 Å². The number of halogens is 2. The molecule has 1 aliphatic heterocycles. The van der Waals surface area contributed by atoms with E-state index in [4.69, 9.17) is 27.9 Å². The number of nitrogens with zero attached hydrogens (tertiary/aromatic N) is 4. The Balaban J connectivity index is 1.82. The van der Waals surface area contributed by atoms with Crippen LogP contribution in [0.15, 0.2) is 23.3 Å². The molecule has 0 aliphatic carbocycles. The van der Waals surface area contributed by atoms with Crippen LogP contribution in [0.1, 0.15) is 22.5 Å². The van der Waals surface area contributed by atoms with E-state index in [1.807, 2.05) is 48.0 Å². The predicted octanol–water partition coefficient (Wildman–Crippen LogP) is 3.52. The summed E-state index contributed by atoms with van der Waals surface area (Å²) in [6.07, 6.45) is 1.88. The summed E-state index contributed by atoms with van der Waals surface area (Å²) in [7, 11) is 0. The fourth-order valence-corrected chi connectivity index (χ4v) is 3.21. The van der Waals surface area contributed by atoms with E-state index in [1.54, 1.807) is 0 Å². The van der Waals surface area contributed by atoms with Crippen LogP contribution in [-0.4, -0.2) is 47.3 Å². The Labute approximate surface area is 151 Å². The van der Waals surface area contributed by atoms with Gasteiger partial charge in [-0.05, 0) is 26.0 Å². The van der Waals surface area contributed by atoms with Crippen molar-refractivity contribution >= 4 is 29.4 Å². The largest absolute Gasteiger partial charge is 0.378 e. The van der Waals surface area contributed by atoms with Crippen LogP contribution in [-0.2, 0) is 11.3 Å². The van der Waals surface area contributed by atoms with Gasteiger partial charge in [0.1, 0.15) is 0 Å². The molecule has 3 rings (SSSR count). The molecule has 0 bridgehead atoms. The smallest absolute Gasteiger partial charge is 0.0692 e. The summed E-state index contributed by atoms with van der Waals surface area (Å²) in [5.41, 5.74) is 3.89.